The van der Waals surface area contributed by atoms with Gasteiger partial charge in [0.1, 0.15) is 18.0 Å². The van der Waals surface area contributed by atoms with Gasteiger partial charge in [-0.1, -0.05) is 5.18 Å². The molecule has 1 aliphatic carbocycles. The van der Waals surface area contributed by atoms with Crippen LogP contribution in [-0.2, 0) is 6.54 Å². The summed E-state index contributed by atoms with van der Waals surface area (Å²) in [5.41, 5.74) is 3.63. The number of piperazine rings is 1. The van der Waals surface area contributed by atoms with E-state index in [9.17, 15) is 10.1 Å². The number of hydrogen-bond acceptors (Lipinski definition) is 6. The highest BCUT2D eigenvalue weighted by atomic mass is 16.2. The summed E-state index contributed by atoms with van der Waals surface area (Å²) in [5, 5.41) is 16.3. The number of nitriles is 1. The van der Waals surface area contributed by atoms with E-state index in [0.29, 0.717) is 11.3 Å². The van der Waals surface area contributed by atoms with E-state index in [1.54, 1.807) is 0 Å². The molecule has 1 aromatic heterocycles. The van der Waals surface area contributed by atoms with Gasteiger partial charge in [0.15, 0.2) is 0 Å². The number of nitrogens with zero attached hydrogens (tertiary/aromatic N) is 4. The molecule has 1 N–H and O–H groups in total. The maximum Gasteiger partial charge on any atom is 0.150 e. The van der Waals surface area contributed by atoms with Gasteiger partial charge in [-0.05, 0) is 43.5 Å². The summed E-state index contributed by atoms with van der Waals surface area (Å²) in [6.07, 6.45) is 3.28. The van der Waals surface area contributed by atoms with Crippen molar-refractivity contribution in [1.29, 1.82) is 5.26 Å². The first-order valence-corrected chi connectivity index (χ1v) is 9.25. The summed E-state index contributed by atoms with van der Waals surface area (Å²) in [6, 6.07) is 8.14. The number of aryl methyl sites for hydroxylation is 1. The molecule has 7 nitrogen and oxygen atoms in total. The quantitative estimate of drug-likeness (QED) is 0.662. The first-order chi connectivity index (χ1) is 13.1. The van der Waals surface area contributed by atoms with E-state index in [0.717, 1.165) is 55.5 Å². The Labute approximate surface area is 158 Å². The molecule has 1 aromatic carbocycles. The summed E-state index contributed by atoms with van der Waals surface area (Å²) in [5.74, 6) is 0. The van der Waals surface area contributed by atoms with Crippen LogP contribution in [0.3, 0.4) is 0 Å². The van der Waals surface area contributed by atoms with Crippen LogP contribution in [-0.4, -0.2) is 54.5 Å². The molecular weight excluding hydrogens is 342 g/mol. The summed E-state index contributed by atoms with van der Waals surface area (Å²) in [4.78, 5) is 22.3. The Bertz CT molecular complexity index is 886. The van der Waals surface area contributed by atoms with E-state index >= 15 is 0 Å². The van der Waals surface area contributed by atoms with Crippen LogP contribution in [0.1, 0.15) is 34.5 Å². The van der Waals surface area contributed by atoms with Gasteiger partial charge in [0.05, 0.1) is 7.05 Å². The maximum absolute atomic E-state index is 11.2. The van der Waals surface area contributed by atoms with Crippen LogP contribution in [0.2, 0.25) is 0 Å². The van der Waals surface area contributed by atoms with Crippen LogP contribution in [0.25, 0.3) is 10.9 Å². The molecule has 0 atom stereocenters. The standard InChI is InChI=1S/C19H22N4O.CH3NO/c1-14-15(12-24)2-3-18-17(14)10-16(11-20)23(18)13-19(4-5-19)22-8-6-21-7-9-22;1-2-3/h2-3,10,12,21H,4-9,13H2,1H3;1H3. The molecule has 0 unspecified atom stereocenters. The molecule has 1 saturated carbocycles. The highest BCUT2D eigenvalue weighted by Crippen LogP contribution is 2.44. The number of carbonyl (C=O) groups is 1. The van der Waals surface area contributed by atoms with Crippen LogP contribution in [0.15, 0.2) is 23.4 Å². The first kappa shape index (κ1) is 19.2. The third-order valence-electron chi connectivity index (χ3n) is 5.71. The highest BCUT2D eigenvalue weighted by molar-refractivity contribution is 5.92. The van der Waals surface area contributed by atoms with Crippen molar-refractivity contribution in [2.75, 3.05) is 33.2 Å². The Balaban J connectivity index is 0.000000659. The number of fused-ring (bicyclic) bond motifs is 1. The van der Waals surface area contributed by atoms with Gasteiger partial charge in [0, 0.05) is 54.7 Å². The van der Waals surface area contributed by atoms with Gasteiger partial charge in [-0.25, -0.2) is 0 Å². The van der Waals surface area contributed by atoms with E-state index < -0.39 is 0 Å². The monoisotopic (exact) mass is 367 g/mol. The molecule has 0 radical (unpaired) electrons. The van der Waals surface area contributed by atoms with Crippen molar-refractivity contribution >= 4 is 17.2 Å². The van der Waals surface area contributed by atoms with Crippen molar-refractivity contribution in [2.24, 2.45) is 5.18 Å². The normalized spacial score (nSPS) is 18.3. The van der Waals surface area contributed by atoms with Crippen LogP contribution >= 0.6 is 0 Å². The molecule has 7 heteroatoms. The van der Waals surface area contributed by atoms with E-state index in [4.69, 9.17) is 4.91 Å². The Kier molecular flexibility index (Phi) is 5.68. The second-order valence-corrected chi connectivity index (χ2v) is 7.20. The predicted molar refractivity (Wildman–Crippen MR) is 105 cm³/mol. The van der Waals surface area contributed by atoms with Crippen molar-refractivity contribution in [3.8, 4) is 6.07 Å². The maximum atomic E-state index is 11.2. The third-order valence-corrected chi connectivity index (χ3v) is 5.71. The lowest BCUT2D eigenvalue weighted by molar-refractivity contribution is 0.112. The Morgan fingerprint density at radius 2 is 2.00 bits per heavy atom. The van der Waals surface area contributed by atoms with Gasteiger partial charge in [0.25, 0.3) is 0 Å². The number of rotatable bonds is 4. The molecule has 2 heterocycles. The Morgan fingerprint density at radius 3 is 2.56 bits per heavy atom. The number of nitroso groups, excluding NO2 is 1. The van der Waals surface area contributed by atoms with E-state index in [1.165, 1.54) is 19.9 Å². The molecule has 2 fully saturated rings. The van der Waals surface area contributed by atoms with Crippen molar-refractivity contribution < 1.29 is 4.79 Å². The van der Waals surface area contributed by atoms with E-state index in [2.05, 4.69) is 26.0 Å². The molecule has 142 valence electrons. The van der Waals surface area contributed by atoms with Crippen molar-refractivity contribution in [2.45, 2.75) is 31.8 Å². The summed E-state index contributed by atoms with van der Waals surface area (Å²) in [6.45, 7) is 7.06. The zero-order valence-electron chi connectivity index (χ0n) is 15.9. The predicted octanol–water partition coefficient (Wildman–Crippen LogP) is 2.45. The molecule has 1 saturated heterocycles. The molecular formula is C20H25N5O2. The van der Waals surface area contributed by atoms with Gasteiger partial charge < -0.3 is 9.88 Å². The molecule has 0 spiro atoms. The summed E-state index contributed by atoms with van der Waals surface area (Å²) >= 11 is 0. The van der Waals surface area contributed by atoms with Crippen molar-refractivity contribution in [1.82, 2.24) is 14.8 Å². The second kappa shape index (κ2) is 7.99. The molecule has 2 aromatic rings. The summed E-state index contributed by atoms with van der Waals surface area (Å²) < 4.78 is 2.16. The van der Waals surface area contributed by atoms with Gasteiger partial charge in [0.2, 0.25) is 0 Å². The lowest BCUT2D eigenvalue weighted by Gasteiger charge is -2.36. The van der Waals surface area contributed by atoms with Gasteiger partial charge in [-0.15, -0.1) is 0 Å². The minimum absolute atomic E-state index is 0.205. The Hall–Kier alpha value is -2.56. The molecule has 4 rings (SSSR count). The molecule has 27 heavy (non-hydrogen) atoms. The van der Waals surface area contributed by atoms with Crippen LogP contribution < -0.4 is 5.32 Å². The second-order valence-electron chi connectivity index (χ2n) is 7.20. The summed E-state index contributed by atoms with van der Waals surface area (Å²) in [7, 11) is 1.19. The number of benzene rings is 1. The smallest absolute Gasteiger partial charge is 0.150 e. The molecule has 0 amide bonds. The number of carbonyl (C=O) groups excluding carboxylic acids is 1. The third kappa shape index (κ3) is 3.64. The van der Waals surface area contributed by atoms with Crippen LogP contribution in [0.5, 0.6) is 0 Å². The SMILES string of the molecule is CN=O.Cc1c(C=O)ccc2c1cc(C#N)n2CC1(N2CCNCC2)CC1. The van der Waals surface area contributed by atoms with Gasteiger partial charge in [-0.3, -0.25) is 9.69 Å². The fourth-order valence-electron chi connectivity index (χ4n) is 4.04. The zero-order valence-corrected chi connectivity index (χ0v) is 15.9. The van der Waals surface area contributed by atoms with Crippen LogP contribution in [0, 0.1) is 23.2 Å². The topological polar surface area (TPSA) is 90.5 Å². The number of aromatic nitrogens is 1. The van der Waals surface area contributed by atoms with Crippen molar-refractivity contribution in [3.63, 3.8) is 0 Å². The van der Waals surface area contributed by atoms with E-state index in [-0.39, 0.29) is 5.54 Å². The fraction of sp³-hybridized carbons (Fsp3) is 0.500. The lowest BCUT2D eigenvalue weighted by atomic mass is 10.1. The largest absolute Gasteiger partial charge is 0.330 e. The van der Waals surface area contributed by atoms with E-state index in [1.807, 2.05) is 25.1 Å². The van der Waals surface area contributed by atoms with Crippen LogP contribution in [0.4, 0.5) is 0 Å². The minimum atomic E-state index is 0.205. The molecule has 0 bridgehead atoms. The molecule has 1 aliphatic heterocycles. The minimum Gasteiger partial charge on any atom is -0.330 e. The lowest BCUT2D eigenvalue weighted by Crippen LogP contribution is -2.51. The first-order valence-electron chi connectivity index (χ1n) is 9.25. The average molecular weight is 367 g/mol. The number of hydrogen-bond donors (Lipinski definition) is 1. The molecule has 2 aliphatic rings. The number of aldehydes is 1. The fourth-order valence-corrected chi connectivity index (χ4v) is 4.04. The average Bonchev–Trinajstić information content (AvgIpc) is 3.39. The van der Waals surface area contributed by atoms with Gasteiger partial charge in [-0.2, -0.15) is 10.2 Å². The van der Waals surface area contributed by atoms with Crippen molar-refractivity contribution in [3.05, 3.63) is 39.9 Å². The van der Waals surface area contributed by atoms with Gasteiger partial charge >= 0.3 is 0 Å². The number of nitrogens with one attached hydrogen (secondary N) is 1. The Morgan fingerprint density at radius 1 is 1.33 bits per heavy atom. The zero-order chi connectivity index (χ0) is 19.4. The highest BCUT2D eigenvalue weighted by Gasteiger charge is 2.48.